The summed E-state index contributed by atoms with van der Waals surface area (Å²) < 4.78 is 39.7. The summed E-state index contributed by atoms with van der Waals surface area (Å²) in [6, 6.07) is 5.05. The number of anilines is 1. The molecule has 8 heteroatoms. The molecule has 1 aliphatic rings. The number of rotatable bonds is 4. The predicted molar refractivity (Wildman–Crippen MR) is 92.9 cm³/mol. The van der Waals surface area contributed by atoms with Crippen molar-refractivity contribution in [2.45, 2.75) is 32.0 Å². The average molecular weight is 369 g/mol. The molecule has 0 radical (unpaired) electrons. The highest BCUT2D eigenvalue weighted by Gasteiger charge is 2.45. The SMILES string of the molecule is C=C1N(c2ccc(C#N)c(C(F)(F)F)c2)C(=S)N(CCCO)C1(C)C. The van der Waals surface area contributed by atoms with Gasteiger partial charge < -0.3 is 10.0 Å². The van der Waals surface area contributed by atoms with Crippen molar-refractivity contribution < 1.29 is 18.3 Å². The fourth-order valence-electron chi connectivity index (χ4n) is 2.78. The van der Waals surface area contributed by atoms with Crippen molar-refractivity contribution in [3.8, 4) is 6.07 Å². The third-order valence-electron chi connectivity index (χ3n) is 4.30. The van der Waals surface area contributed by atoms with Crippen LogP contribution in [-0.2, 0) is 6.18 Å². The minimum Gasteiger partial charge on any atom is -0.396 e. The number of thiocarbonyl (C=S) groups is 1. The summed E-state index contributed by atoms with van der Waals surface area (Å²) in [5.41, 5.74) is -1.30. The zero-order valence-electron chi connectivity index (χ0n) is 13.9. The third-order valence-corrected chi connectivity index (χ3v) is 4.70. The summed E-state index contributed by atoms with van der Waals surface area (Å²) in [6.07, 6.45) is -4.16. The molecule has 0 atom stereocenters. The highest BCUT2D eigenvalue weighted by molar-refractivity contribution is 7.80. The zero-order valence-corrected chi connectivity index (χ0v) is 14.7. The molecule has 2 rings (SSSR count). The molecule has 1 heterocycles. The maximum atomic E-state index is 13.2. The molecule has 0 bridgehead atoms. The van der Waals surface area contributed by atoms with Crippen molar-refractivity contribution in [2.75, 3.05) is 18.1 Å². The van der Waals surface area contributed by atoms with Gasteiger partial charge in [0.1, 0.15) is 0 Å². The lowest BCUT2D eigenvalue weighted by atomic mass is 10.00. The number of hydrogen-bond donors (Lipinski definition) is 1. The van der Waals surface area contributed by atoms with E-state index in [1.165, 1.54) is 11.0 Å². The Balaban J connectivity index is 2.50. The second-order valence-corrected chi connectivity index (χ2v) is 6.56. The Morgan fingerprint density at radius 2 is 2.00 bits per heavy atom. The van der Waals surface area contributed by atoms with Crippen LogP contribution in [0.25, 0.3) is 0 Å². The van der Waals surface area contributed by atoms with Crippen LogP contribution < -0.4 is 4.90 Å². The zero-order chi connectivity index (χ0) is 19.0. The van der Waals surface area contributed by atoms with Crippen LogP contribution in [0.5, 0.6) is 0 Å². The summed E-state index contributed by atoms with van der Waals surface area (Å²) in [7, 11) is 0. The van der Waals surface area contributed by atoms with Gasteiger partial charge in [-0.25, -0.2) is 0 Å². The highest BCUT2D eigenvalue weighted by Crippen LogP contribution is 2.41. The largest absolute Gasteiger partial charge is 0.417 e. The molecule has 1 aromatic carbocycles. The summed E-state index contributed by atoms with van der Waals surface area (Å²) in [5.74, 6) is 0. The normalized spacial score (nSPS) is 17.2. The molecule has 1 N–H and O–H groups in total. The minimum atomic E-state index is -4.64. The number of nitriles is 1. The second kappa shape index (κ2) is 6.65. The summed E-state index contributed by atoms with van der Waals surface area (Å²) in [6.45, 7) is 8.17. The summed E-state index contributed by atoms with van der Waals surface area (Å²) in [4.78, 5) is 3.31. The average Bonchev–Trinajstić information content (AvgIpc) is 2.70. The first-order valence-corrected chi connectivity index (χ1v) is 8.00. The van der Waals surface area contributed by atoms with Crippen LogP contribution >= 0.6 is 12.2 Å². The van der Waals surface area contributed by atoms with E-state index in [4.69, 9.17) is 22.6 Å². The fraction of sp³-hybridized carbons (Fsp3) is 0.412. The Morgan fingerprint density at radius 1 is 1.36 bits per heavy atom. The van der Waals surface area contributed by atoms with E-state index in [0.717, 1.165) is 12.1 Å². The quantitative estimate of drug-likeness (QED) is 0.821. The molecule has 0 aromatic heterocycles. The van der Waals surface area contributed by atoms with Crippen LogP contribution in [0.2, 0.25) is 0 Å². The van der Waals surface area contributed by atoms with Crippen molar-refractivity contribution in [3.63, 3.8) is 0 Å². The molecule has 1 aromatic rings. The van der Waals surface area contributed by atoms with Gasteiger partial charge in [-0.15, -0.1) is 0 Å². The van der Waals surface area contributed by atoms with Crippen molar-refractivity contribution in [3.05, 3.63) is 41.6 Å². The minimum absolute atomic E-state index is 0.0171. The number of benzene rings is 1. The van der Waals surface area contributed by atoms with Gasteiger partial charge in [0, 0.05) is 24.5 Å². The number of aliphatic hydroxyl groups excluding tert-OH is 1. The molecular formula is C17H18F3N3OS. The van der Waals surface area contributed by atoms with Gasteiger partial charge in [-0.05, 0) is 50.7 Å². The first kappa shape index (κ1) is 19.2. The standard InChI is InChI=1S/C17H18F3N3OS/c1-11-16(2,3)22(7-4-8-24)15(25)23(11)13-6-5-12(10-21)14(9-13)17(18,19)20/h5-6,9,24H,1,4,7-8H2,2-3H3. The maximum absolute atomic E-state index is 13.2. The van der Waals surface area contributed by atoms with Gasteiger partial charge in [0.05, 0.1) is 22.7 Å². The maximum Gasteiger partial charge on any atom is 0.417 e. The lowest BCUT2D eigenvalue weighted by Gasteiger charge is -2.31. The summed E-state index contributed by atoms with van der Waals surface area (Å²) >= 11 is 5.44. The third kappa shape index (κ3) is 3.34. The number of alkyl halides is 3. The van der Waals surface area contributed by atoms with Gasteiger partial charge in [0.25, 0.3) is 0 Å². The fourth-order valence-corrected chi connectivity index (χ4v) is 3.31. The Bertz CT molecular complexity index is 752. The number of aliphatic hydroxyl groups is 1. The molecule has 1 aliphatic heterocycles. The molecule has 4 nitrogen and oxygen atoms in total. The topological polar surface area (TPSA) is 50.5 Å². The molecule has 134 valence electrons. The van der Waals surface area contributed by atoms with Gasteiger partial charge in [0.2, 0.25) is 0 Å². The van der Waals surface area contributed by atoms with Gasteiger partial charge in [0.15, 0.2) is 5.11 Å². The second-order valence-electron chi connectivity index (χ2n) is 6.19. The van der Waals surface area contributed by atoms with E-state index in [-0.39, 0.29) is 12.3 Å². The van der Waals surface area contributed by atoms with E-state index in [1.54, 1.807) is 6.07 Å². The summed E-state index contributed by atoms with van der Waals surface area (Å²) in [5, 5.41) is 18.3. The van der Waals surface area contributed by atoms with E-state index in [9.17, 15) is 13.2 Å². The van der Waals surface area contributed by atoms with Crippen LogP contribution in [0.4, 0.5) is 18.9 Å². The molecular weight excluding hydrogens is 351 g/mol. The lowest BCUT2D eigenvalue weighted by Crippen LogP contribution is -2.42. The molecule has 0 amide bonds. The molecule has 25 heavy (non-hydrogen) atoms. The molecule has 0 saturated carbocycles. The predicted octanol–water partition coefficient (Wildman–Crippen LogP) is 3.66. The molecule has 0 unspecified atom stereocenters. The number of halogens is 3. The van der Waals surface area contributed by atoms with Gasteiger partial charge in [-0.2, -0.15) is 18.4 Å². The van der Waals surface area contributed by atoms with Gasteiger partial charge in [-0.3, -0.25) is 4.90 Å². The van der Waals surface area contributed by atoms with Crippen molar-refractivity contribution in [2.24, 2.45) is 0 Å². The van der Waals surface area contributed by atoms with Crippen molar-refractivity contribution in [1.29, 1.82) is 5.26 Å². The molecule has 1 saturated heterocycles. The molecule has 0 spiro atoms. The van der Waals surface area contributed by atoms with Crippen LogP contribution in [0.3, 0.4) is 0 Å². The van der Waals surface area contributed by atoms with Crippen LogP contribution in [0.15, 0.2) is 30.5 Å². The lowest BCUT2D eigenvalue weighted by molar-refractivity contribution is -0.137. The van der Waals surface area contributed by atoms with Gasteiger partial charge in [-0.1, -0.05) is 6.58 Å². The van der Waals surface area contributed by atoms with Crippen LogP contribution in [-0.4, -0.2) is 33.8 Å². The Morgan fingerprint density at radius 3 is 2.52 bits per heavy atom. The highest BCUT2D eigenvalue weighted by atomic mass is 32.1. The smallest absolute Gasteiger partial charge is 0.396 e. The number of nitrogens with zero attached hydrogens (tertiary/aromatic N) is 3. The molecule has 1 fully saturated rings. The van der Waals surface area contributed by atoms with E-state index in [1.807, 2.05) is 18.7 Å². The first-order valence-electron chi connectivity index (χ1n) is 7.59. The van der Waals surface area contributed by atoms with E-state index in [2.05, 4.69) is 6.58 Å². The van der Waals surface area contributed by atoms with Gasteiger partial charge >= 0.3 is 6.18 Å². The Labute approximate surface area is 149 Å². The van der Waals surface area contributed by atoms with Crippen molar-refractivity contribution >= 4 is 23.0 Å². The van der Waals surface area contributed by atoms with E-state index in [0.29, 0.717) is 23.8 Å². The first-order chi connectivity index (χ1) is 11.6. The van der Waals surface area contributed by atoms with E-state index < -0.39 is 22.8 Å². The van der Waals surface area contributed by atoms with Crippen LogP contribution in [0, 0.1) is 11.3 Å². The Hall–Kier alpha value is -2.11. The Kier molecular flexibility index (Phi) is 5.11. The van der Waals surface area contributed by atoms with Crippen LogP contribution in [0.1, 0.15) is 31.4 Å². The number of hydrogen-bond acceptors (Lipinski definition) is 3. The monoisotopic (exact) mass is 369 g/mol. The molecule has 0 aliphatic carbocycles. The van der Waals surface area contributed by atoms with Crippen molar-refractivity contribution in [1.82, 2.24) is 4.90 Å². The van der Waals surface area contributed by atoms with E-state index >= 15 is 0 Å².